The summed E-state index contributed by atoms with van der Waals surface area (Å²) in [6, 6.07) is 0.177. The van der Waals surface area contributed by atoms with Crippen molar-refractivity contribution in [2.75, 3.05) is 13.1 Å². The molecule has 1 aliphatic heterocycles. The van der Waals surface area contributed by atoms with Crippen LogP contribution in [0.5, 0.6) is 0 Å². The van der Waals surface area contributed by atoms with Gasteiger partial charge in [0.15, 0.2) is 10.8 Å². The first-order valence-corrected chi connectivity index (χ1v) is 8.54. The molecule has 0 aliphatic carbocycles. The second-order valence-corrected chi connectivity index (χ2v) is 7.50. The highest BCUT2D eigenvalue weighted by molar-refractivity contribution is 6.35. The molecule has 7 nitrogen and oxygen atoms in total. The number of hydrogen-bond donors (Lipinski definition) is 0. The zero-order valence-corrected chi connectivity index (χ0v) is 15.3. The van der Waals surface area contributed by atoms with Crippen molar-refractivity contribution in [2.24, 2.45) is 0 Å². The lowest BCUT2D eigenvalue weighted by Crippen LogP contribution is -2.42. The first-order valence-electron chi connectivity index (χ1n) is 7.78. The van der Waals surface area contributed by atoms with Crippen molar-refractivity contribution in [3.05, 3.63) is 16.8 Å². The van der Waals surface area contributed by atoms with E-state index < -0.39 is 5.60 Å². The third kappa shape index (κ3) is 3.57. The normalized spacial score (nSPS) is 16.6. The van der Waals surface area contributed by atoms with Crippen LogP contribution in [0.4, 0.5) is 4.79 Å². The molecule has 0 radical (unpaired) electrons. The SMILES string of the molecule is CC(C)(C)OC(=O)N1CCC(n2cnc3c(Cl)nc(Cl)nc32)CC1. The molecule has 3 rings (SSSR count). The Kier molecular flexibility index (Phi) is 4.57. The fraction of sp³-hybridized carbons (Fsp3) is 0.600. The predicted molar refractivity (Wildman–Crippen MR) is 91.4 cm³/mol. The second kappa shape index (κ2) is 6.37. The van der Waals surface area contributed by atoms with Crippen LogP contribution in [0, 0.1) is 0 Å². The topological polar surface area (TPSA) is 73.1 Å². The number of carbonyl (C=O) groups is 1. The number of aromatic nitrogens is 4. The zero-order valence-electron chi connectivity index (χ0n) is 13.8. The molecule has 0 bridgehead atoms. The summed E-state index contributed by atoms with van der Waals surface area (Å²) in [4.78, 5) is 26.3. The molecule has 2 aromatic rings. The van der Waals surface area contributed by atoms with E-state index in [0.717, 1.165) is 12.8 Å². The van der Waals surface area contributed by atoms with Crippen LogP contribution in [-0.2, 0) is 4.74 Å². The number of nitrogens with zero attached hydrogens (tertiary/aromatic N) is 5. The minimum atomic E-state index is -0.487. The Morgan fingerprint density at radius 3 is 2.54 bits per heavy atom. The summed E-state index contributed by atoms with van der Waals surface area (Å²) >= 11 is 12.0. The molecule has 0 N–H and O–H groups in total. The van der Waals surface area contributed by atoms with Gasteiger partial charge < -0.3 is 14.2 Å². The first kappa shape index (κ1) is 17.2. The van der Waals surface area contributed by atoms with Crippen LogP contribution in [-0.4, -0.2) is 49.2 Å². The van der Waals surface area contributed by atoms with E-state index in [-0.39, 0.29) is 22.6 Å². The minimum absolute atomic E-state index is 0.0976. The molecule has 3 heterocycles. The largest absolute Gasteiger partial charge is 0.444 e. The van der Waals surface area contributed by atoms with Crippen LogP contribution in [0.25, 0.3) is 11.2 Å². The number of rotatable bonds is 1. The molecule has 2 aromatic heterocycles. The molecule has 9 heteroatoms. The Labute approximate surface area is 149 Å². The van der Waals surface area contributed by atoms with Gasteiger partial charge in [0.05, 0.1) is 6.33 Å². The molecule has 1 fully saturated rings. The molecular formula is C15H19Cl2N5O2. The average molecular weight is 372 g/mol. The lowest BCUT2D eigenvalue weighted by molar-refractivity contribution is 0.0189. The van der Waals surface area contributed by atoms with E-state index in [4.69, 9.17) is 27.9 Å². The molecule has 130 valence electrons. The number of imidazole rings is 1. The number of amides is 1. The zero-order chi connectivity index (χ0) is 17.5. The molecule has 24 heavy (non-hydrogen) atoms. The average Bonchev–Trinajstić information content (AvgIpc) is 2.89. The van der Waals surface area contributed by atoms with Gasteiger partial charge in [-0.25, -0.2) is 14.8 Å². The van der Waals surface area contributed by atoms with Gasteiger partial charge in [0.1, 0.15) is 11.1 Å². The Morgan fingerprint density at radius 1 is 1.25 bits per heavy atom. The standard InChI is InChI=1S/C15H19Cl2N5O2/c1-15(2,3)24-14(23)21-6-4-9(5-7-21)22-8-18-10-11(16)19-13(17)20-12(10)22/h8-9H,4-7H2,1-3H3. The molecule has 1 amide bonds. The highest BCUT2D eigenvalue weighted by Crippen LogP contribution is 2.29. The molecule has 0 saturated carbocycles. The van der Waals surface area contributed by atoms with E-state index in [1.54, 1.807) is 11.2 Å². The Morgan fingerprint density at radius 2 is 1.92 bits per heavy atom. The maximum atomic E-state index is 12.1. The number of hydrogen-bond acceptors (Lipinski definition) is 5. The Bertz CT molecular complexity index is 763. The quantitative estimate of drug-likeness (QED) is 0.564. The van der Waals surface area contributed by atoms with Crippen LogP contribution in [0.1, 0.15) is 39.7 Å². The van der Waals surface area contributed by atoms with Gasteiger partial charge in [-0.15, -0.1) is 0 Å². The van der Waals surface area contributed by atoms with Gasteiger partial charge in [-0.3, -0.25) is 0 Å². The molecular weight excluding hydrogens is 353 g/mol. The van der Waals surface area contributed by atoms with E-state index >= 15 is 0 Å². The van der Waals surface area contributed by atoms with Crippen LogP contribution in [0.15, 0.2) is 6.33 Å². The summed E-state index contributed by atoms with van der Waals surface area (Å²) in [5.74, 6) is 0. The summed E-state index contributed by atoms with van der Waals surface area (Å²) < 4.78 is 7.38. The summed E-state index contributed by atoms with van der Waals surface area (Å²) in [6.07, 6.45) is 2.99. The highest BCUT2D eigenvalue weighted by Gasteiger charge is 2.28. The lowest BCUT2D eigenvalue weighted by atomic mass is 10.1. The van der Waals surface area contributed by atoms with Gasteiger partial charge in [0, 0.05) is 19.1 Å². The summed E-state index contributed by atoms with van der Waals surface area (Å²) in [7, 11) is 0. The van der Waals surface area contributed by atoms with Crippen molar-refractivity contribution in [1.82, 2.24) is 24.4 Å². The van der Waals surface area contributed by atoms with Crippen molar-refractivity contribution in [2.45, 2.75) is 45.3 Å². The number of piperidine rings is 1. The number of likely N-dealkylation sites (tertiary alicyclic amines) is 1. The molecule has 0 atom stereocenters. The fourth-order valence-electron chi connectivity index (χ4n) is 2.78. The Hall–Kier alpha value is -1.60. The third-order valence-electron chi connectivity index (χ3n) is 3.86. The summed E-state index contributed by atoms with van der Waals surface area (Å²) in [5.41, 5.74) is 0.671. The predicted octanol–water partition coefficient (Wildman–Crippen LogP) is 3.71. The molecule has 0 aromatic carbocycles. The molecule has 0 spiro atoms. The van der Waals surface area contributed by atoms with Crippen molar-refractivity contribution in [3.8, 4) is 0 Å². The molecule has 1 aliphatic rings. The summed E-state index contributed by atoms with van der Waals surface area (Å²) in [6.45, 7) is 6.82. The first-order chi connectivity index (χ1) is 11.2. The van der Waals surface area contributed by atoms with E-state index in [2.05, 4.69) is 15.0 Å². The van der Waals surface area contributed by atoms with E-state index in [9.17, 15) is 4.79 Å². The molecule has 0 unspecified atom stereocenters. The second-order valence-electron chi connectivity index (χ2n) is 6.81. The third-order valence-corrected chi connectivity index (χ3v) is 4.29. The van der Waals surface area contributed by atoms with Crippen molar-refractivity contribution < 1.29 is 9.53 Å². The summed E-state index contributed by atoms with van der Waals surface area (Å²) in [5, 5.41) is 0.343. The maximum absolute atomic E-state index is 12.1. The number of halogens is 2. The van der Waals surface area contributed by atoms with Gasteiger partial charge >= 0.3 is 6.09 Å². The molecule has 1 saturated heterocycles. The maximum Gasteiger partial charge on any atom is 0.410 e. The monoisotopic (exact) mass is 371 g/mol. The van der Waals surface area contributed by atoms with Gasteiger partial charge in [-0.05, 0) is 45.2 Å². The number of carbonyl (C=O) groups excluding carboxylic acids is 1. The van der Waals surface area contributed by atoms with Gasteiger partial charge in [-0.1, -0.05) is 11.6 Å². The van der Waals surface area contributed by atoms with Crippen molar-refractivity contribution in [3.63, 3.8) is 0 Å². The van der Waals surface area contributed by atoms with E-state index in [1.807, 2.05) is 25.3 Å². The highest BCUT2D eigenvalue weighted by atomic mass is 35.5. The van der Waals surface area contributed by atoms with Gasteiger partial charge in [0.2, 0.25) is 5.28 Å². The van der Waals surface area contributed by atoms with E-state index in [1.165, 1.54) is 0 Å². The number of fused-ring (bicyclic) bond motifs is 1. The minimum Gasteiger partial charge on any atom is -0.444 e. The van der Waals surface area contributed by atoms with Crippen LogP contribution in [0.2, 0.25) is 10.4 Å². The van der Waals surface area contributed by atoms with Crippen LogP contribution in [0.3, 0.4) is 0 Å². The van der Waals surface area contributed by atoms with Crippen molar-refractivity contribution in [1.29, 1.82) is 0 Å². The van der Waals surface area contributed by atoms with E-state index in [0.29, 0.717) is 24.3 Å². The van der Waals surface area contributed by atoms with Crippen LogP contribution < -0.4 is 0 Å². The smallest absolute Gasteiger partial charge is 0.410 e. The lowest BCUT2D eigenvalue weighted by Gasteiger charge is -2.33. The Balaban J connectivity index is 1.72. The fourth-order valence-corrected chi connectivity index (χ4v) is 3.20. The van der Waals surface area contributed by atoms with Crippen molar-refractivity contribution >= 4 is 40.5 Å². The van der Waals surface area contributed by atoms with Gasteiger partial charge in [-0.2, -0.15) is 4.98 Å². The number of ether oxygens (including phenoxy) is 1. The van der Waals surface area contributed by atoms with Crippen LogP contribution >= 0.6 is 23.2 Å². The van der Waals surface area contributed by atoms with Gasteiger partial charge in [0.25, 0.3) is 0 Å².